The summed E-state index contributed by atoms with van der Waals surface area (Å²) >= 11 is 0. The minimum Gasteiger partial charge on any atom is -0.508 e. The van der Waals surface area contributed by atoms with Crippen LogP contribution in [0, 0.1) is 0 Å². The summed E-state index contributed by atoms with van der Waals surface area (Å²) in [6.45, 7) is 0. The molecular formula is C11H7F3O2. The number of phenols is 2. The summed E-state index contributed by atoms with van der Waals surface area (Å²) in [5.41, 5.74) is -0.914. The number of halogens is 3. The highest BCUT2D eigenvalue weighted by molar-refractivity contribution is 5.92. The minimum absolute atomic E-state index is 0.146. The van der Waals surface area contributed by atoms with Crippen molar-refractivity contribution in [2.24, 2.45) is 0 Å². The molecular weight excluding hydrogens is 221 g/mol. The van der Waals surface area contributed by atoms with Gasteiger partial charge < -0.3 is 10.2 Å². The summed E-state index contributed by atoms with van der Waals surface area (Å²) in [7, 11) is 0. The van der Waals surface area contributed by atoms with Crippen molar-refractivity contribution in [2.75, 3.05) is 0 Å². The topological polar surface area (TPSA) is 40.5 Å². The molecule has 0 atom stereocenters. The number of alkyl halides is 3. The molecule has 84 valence electrons. The molecule has 0 saturated carbocycles. The molecule has 2 aromatic rings. The van der Waals surface area contributed by atoms with Gasteiger partial charge in [0, 0.05) is 11.5 Å². The molecule has 0 amide bonds. The monoisotopic (exact) mass is 228 g/mol. The molecule has 0 spiro atoms. The van der Waals surface area contributed by atoms with Gasteiger partial charge in [0.15, 0.2) is 0 Å². The maximum absolute atomic E-state index is 12.6. The van der Waals surface area contributed by atoms with E-state index in [-0.39, 0.29) is 16.5 Å². The van der Waals surface area contributed by atoms with Crippen molar-refractivity contribution in [3.05, 3.63) is 35.9 Å². The highest BCUT2D eigenvalue weighted by atomic mass is 19.4. The summed E-state index contributed by atoms with van der Waals surface area (Å²) in [6, 6.07) is 5.56. The van der Waals surface area contributed by atoms with Crippen molar-refractivity contribution in [3.8, 4) is 11.5 Å². The van der Waals surface area contributed by atoms with Crippen LogP contribution in [0.5, 0.6) is 11.5 Å². The molecule has 2 rings (SSSR count). The Morgan fingerprint density at radius 3 is 2.31 bits per heavy atom. The molecule has 0 aliphatic carbocycles. The first-order valence-corrected chi connectivity index (χ1v) is 4.41. The van der Waals surface area contributed by atoms with Gasteiger partial charge in [-0.1, -0.05) is 12.1 Å². The van der Waals surface area contributed by atoms with Crippen molar-refractivity contribution in [3.63, 3.8) is 0 Å². The fraction of sp³-hybridized carbons (Fsp3) is 0.0909. The van der Waals surface area contributed by atoms with E-state index in [1.54, 1.807) is 0 Å². The summed E-state index contributed by atoms with van der Waals surface area (Å²) in [5.74, 6) is -0.854. The van der Waals surface area contributed by atoms with Crippen LogP contribution in [0.3, 0.4) is 0 Å². The largest absolute Gasteiger partial charge is 0.508 e. The molecule has 0 heterocycles. The lowest BCUT2D eigenvalue weighted by Crippen LogP contribution is -2.05. The average Bonchev–Trinajstić information content (AvgIpc) is 2.14. The Hall–Kier alpha value is -1.91. The Morgan fingerprint density at radius 1 is 1.00 bits per heavy atom. The molecule has 0 aromatic heterocycles. The second kappa shape index (κ2) is 3.30. The number of hydrogen-bond donors (Lipinski definition) is 2. The second-order valence-electron chi connectivity index (χ2n) is 3.37. The fourth-order valence-electron chi connectivity index (χ4n) is 1.63. The molecule has 16 heavy (non-hydrogen) atoms. The number of fused-ring (bicyclic) bond motifs is 1. The molecule has 0 saturated heterocycles. The maximum atomic E-state index is 12.6. The number of hydrogen-bond acceptors (Lipinski definition) is 2. The predicted molar refractivity (Wildman–Crippen MR) is 52.3 cm³/mol. The Morgan fingerprint density at radius 2 is 1.69 bits per heavy atom. The molecule has 0 fully saturated rings. The van der Waals surface area contributed by atoms with Crippen molar-refractivity contribution in [1.29, 1.82) is 0 Å². The van der Waals surface area contributed by atoms with E-state index in [1.165, 1.54) is 18.2 Å². The van der Waals surface area contributed by atoms with Crippen molar-refractivity contribution in [1.82, 2.24) is 0 Å². The molecule has 0 unspecified atom stereocenters. The standard InChI is InChI=1S/C11H7F3O2/c12-11(13,14)8-3-1-2-6-4-7(15)5-9(16)10(6)8/h1-5,15-16H. The Balaban J connectivity index is 2.87. The lowest BCUT2D eigenvalue weighted by molar-refractivity contribution is -0.136. The zero-order chi connectivity index (χ0) is 11.9. The van der Waals surface area contributed by atoms with E-state index in [0.717, 1.165) is 12.1 Å². The van der Waals surface area contributed by atoms with Gasteiger partial charge in [-0.15, -0.1) is 0 Å². The Kier molecular flexibility index (Phi) is 2.18. The predicted octanol–water partition coefficient (Wildman–Crippen LogP) is 3.27. The van der Waals surface area contributed by atoms with Crippen LogP contribution >= 0.6 is 0 Å². The van der Waals surface area contributed by atoms with Gasteiger partial charge in [0.05, 0.1) is 5.56 Å². The average molecular weight is 228 g/mol. The SMILES string of the molecule is Oc1cc(O)c2c(C(F)(F)F)cccc2c1. The quantitative estimate of drug-likeness (QED) is 0.726. The Bertz CT molecular complexity index is 547. The normalized spacial score (nSPS) is 11.9. The highest BCUT2D eigenvalue weighted by Gasteiger charge is 2.33. The third kappa shape index (κ3) is 1.64. The van der Waals surface area contributed by atoms with Gasteiger partial charge in [0.2, 0.25) is 0 Å². The molecule has 0 bridgehead atoms. The van der Waals surface area contributed by atoms with E-state index in [1.807, 2.05) is 0 Å². The molecule has 2 N–H and O–H groups in total. The Labute approximate surface area is 88.6 Å². The molecule has 0 radical (unpaired) electrons. The van der Waals surface area contributed by atoms with Crippen LogP contribution < -0.4 is 0 Å². The number of rotatable bonds is 0. The van der Waals surface area contributed by atoms with Crippen LogP contribution in [0.15, 0.2) is 30.3 Å². The van der Waals surface area contributed by atoms with E-state index in [0.29, 0.717) is 0 Å². The summed E-state index contributed by atoms with van der Waals surface area (Å²) in [5, 5.41) is 18.4. The first-order chi connectivity index (χ1) is 7.39. The van der Waals surface area contributed by atoms with Crippen molar-refractivity contribution >= 4 is 10.8 Å². The van der Waals surface area contributed by atoms with Crippen molar-refractivity contribution < 1.29 is 23.4 Å². The third-order valence-corrected chi connectivity index (χ3v) is 2.25. The zero-order valence-electron chi connectivity index (χ0n) is 7.92. The van der Waals surface area contributed by atoms with Gasteiger partial charge in [-0.2, -0.15) is 13.2 Å². The second-order valence-corrected chi connectivity index (χ2v) is 3.37. The van der Waals surface area contributed by atoms with Crippen LogP contribution in [-0.4, -0.2) is 10.2 Å². The first kappa shape index (κ1) is 10.6. The van der Waals surface area contributed by atoms with Crippen molar-refractivity contribution in [2.45, 2.75) is 6.18 Å². The van der Waals surface area contributed by atoms with Gasteiger partial charge in [0.25, 0.3) is 0 Å². The molecule has 2 aromatic carbocycles. The maximum Gasteiger partial charge on any atom is 0.417 e. The van der Waals surface area contributed by atoms with Gasteiger partial charge in [0.1, 0.15) is 11.5 Å². The van der Waals surface area contributed by atoms with Crippen LogP contribution in [0.1, 0.15) is 5.56 Å². The summed E-state index contributed by atoms with van der Waals surface area (Å²) in [6.07, 6.45) is -4.53. The van der Waals surface area contributed by atoms with E-state index >= 15 is 0 Å². The molecule has 2 nitrogen and oxygen atoms in total. The van der Waals surface area contributed by atoms with Gasteiger partial charge >= 0.3 is 6.18 Å². The smallest absolute Gasteiger partial charge is 0.417 e. The molecule has 5 heteroatoms. The lowest BCUT2D eigenvalue weighted by atomic mass is 10.0. The van der Waals surface area contributed by atoms with E-state index in [4.69, 9.17) is 5.11 Å². The molecule has 0 aliphatic rings. The minimum atomic E-state index is -4.53. The highest BCUT2D eigenvalue weighted by Crippen LogP contribution is 2.40. The number of phenolic OH excluding ortho intramolecular Hbond substituents is 2. The van der Waals surface area contributed by atoms with Crippen LogP contribution in [0.2, 0.25) is 0 Å². The lowest BCUT2D eigenvalue weighted by Gasteiger charge is -2.11. The van der Waals surface area contributed by atoms with E-state index in [2.05, 4.69) is 0 Å². The van der Waals surface area contributed by atoms with E-state index < -0.39 is 17.5 Å². The number of aromatic hydroxyl groups is 2. The van der Waals surface area contributed by atoms with Crippen LogP contribution in [0.4, 0.5) is 13.2 Å². The van der Waals surface area contributed by atoms with Crippen LogP contribution in [-0.2, 0) is 6.18 Å². The van der Waals surface area contributed by atoms with Gasteiger partial charge in [-0.3, -0.25) is 0 Å². The first-order valence-electron chi connectivity index (χ1n) is 4.41. The number of benzene rings is 2. The van der Waals surface area contributed by atoms with Crippen LogP contribution in [0.25, 0.3) is 10.8 Å². The molecule has 0 aliphatic heterocycles. The summed E-state index contributed by atoms with van der Waals surface area (Å²) in [4.78, 5) is 0. The van der Waals surface area contributed by atoms with Gasteiger partial charge in [-0.05, 0) is 17.5 Å². The summed E-state index contributed by atoms with van der Waals surface area (Å²) < 4.78 is 37.9. The van der Waals surface area contributed by atoms with E-state index in [9.17, 15) is 18.3 Å². The fourth-order valence-corrected chi connectivity index (χ4v) is 1.63. The third-order valence-electron chi connectivity index (χ3n) is 2.25. The zero-order valence-corrected chi connectivity index (χ0v) is 7.92. The van der Waals surface area contributed by atoms with Gasteiger partial charge in [-0.25, -0.2) is 0 Å².